The predicted molar refractivity (Wildman–Crippen MR) is 219 cm³/mol. The zero-order chi connectivity index (χ0) is 33.7. The molecular weight excluding hydrogens is 637 g/mol. The van der Waals surface area contributed by atoms with Gasteiger partial charge in [-0.05, 0) is 95.1 Å². The Morgan fingerprint density at radius 1 is 0.333 bits per heavy atom. The van der Waals surface area contributed by atoms with Crippen LogP contribution in [0.25, 0.3) is 69.9 Å². The van der Waals surface area contributed by atoms with Crippen LogP contribution >= 0.6 is 11.3 Å². The molecule has 0 saturated heterocycles. The van der Waals surface area contributed by atoms with E-state index < -0.39 is 0 Å². The van der Waals surface area contributed by atoms with E-state index in [1.165, 1.54) is 64.2 Å². The van der Waals surface area contributed by atoms with E-state index in [9.17, 15) is 0 Å². The number of hydrogen-bond acceptors (Lipinski definition) is 2. The number of nitrogens with zero attached hydrogens (tertiary/aromatic N) is 2. The van der Waals surface area contributed by atoms with Crippen LogP contribution < -0.4 is 4.90 Å². The Kier molecular flexibility index (Phi) is 7.04. The van der Waals surface area contributed by atoms with Crippen LogP contribution in [0.3, 0.4) is 0 Å². The van der Waals surface area contributed by atoms with E-state index in [2.05, 4.69) is 204 Å². The standard InChI is InChI=1S/C48H32N2S/c1-3-11-33(12-4-1)35-19-23-37(24-20-35)49(38-25-21-36(22-26-38)34-13-5-2-6-14-34)39-27-29-40(30-28-39)50-45-17-9-7-15-41(45)43-31-44-42-16-8-10-18-47(42)51-48(44)32-46(43)50/h1-32H. The van der Waals surface area contributed by atoms with Crippen LogP contribution in [0, 0.1) is 0 Å². The van der Waals surface area contributed by atoms with Crippen molar-refractivity contribution in [3.05, 3.63) is 194 Å². The maximum absolute atomic E-state index is 2.42. The summed E-state index contributed by atoms with van der Waals surface area (Å²) in [5.74, 6) is 0. The Morgan fingerprint density at radius 2 is 0.824 bits per heavy atom. The number of para-hydroxylation sites is 1. The largest absolute Gasteiger partial charge is 0.311 e. The van der Waals surface area contributed by atoms with E-state index in [4.69, 9.17) is 0 Å². The molecule has 0 unspecified atom stereocenters. The van der Waals surface area contributed by atoms with Gasteiger partial charge in [0.1, 0.15) is 0 Å². The van der Waals surface area contributed by atoms with Crippen molar-refractivity contribution in [2.75, 3.05) is 4.90 Å². The monoisotopic (exact) mass is 668 g/mol. The van der Waals surface area contributed by atoms with Gasteiger partial charge in [0.2, 0.25) is 0 Å². The molecule has 240 valence electrons. The second-order valence-corrected chi connectivity index (χ2v) is 14.1. The molecule has 10 aromatic rings. The zero-order valence-corrected chi connectivity index (χ0v) is 28.6. The fourth-order valence-corrected chi connectivity index (χ4v) is 8.65. The molecule has 0 atom stereocenters. The van der Waals surface area contributed by atoms with Gasteiger partial charge in [-0.3, -0.25) is 0 Å². The fraction of sp³-hybridized carbons (Fsp3) is 0. The van der Waals surface area contributed by atoms with Crippen molar-refractivity contribution < 1.29 is 0 Å². The van der Waals surface area contributed by atoms with Crippen LogP contribution in [-0.2, 0) is 0 Å². The zero-order valence-electron chi connectivity index (χ0n) is 27.8. The van der Waals surface area contributed by atoms with Gasteiger partial charge >= 0.3 is 0 Å². The van der Waals surface area contributed by atoms with E-state index >= 15 is 0 Å². The minimum Gasteiger partial charge on any atom is -0.311 e. The Bertz CT molecular complexity index is 2730. The van der Waals surface area contributed by atoms with Crippen LogP contribution in [0.4, 0.5) is 17.1 Å². The molecule has 2 aromatic heterocycles. The third-order valence-electron chi connectivity index (χ3n) is 10.0. The molecule has 8 aromatic carbocycles. The first-order valence-corrected chi connectivity index (χ1v) is 18.2. The van der Waals surface area contributed by atoms with E-state index in [1.54, 1.807) is 0 Å². The fourth-order valence-electron chi connectivity index (χ4n) is 7.53. The molecule has 0 spiro atoms. The smallest absolute Gasteiger partial charge is 0.0555 e. The molecular formula is C48H32N2S. The summed E-state index contributed by atoms with van der Waals surface area (Å²) in [4.78, 5) is 2.35. The van der Waals surface area contributed by atoms with Crippen molar-refractivity contribution in [2.24, 2.45) is 0 Å². The summed E-state index contributed by atoms with van der Waals surface area (Å²) in [6.45, 7) is 0. The van der Waals surface area contributed by atoms with Gasteiger partial charge in [0.15, 0.2) is 0 Å². The Hall–Kier alpha value is -6.42. The van der Waals surface area contributed by atoms with Crippen LogP contribution in [0.5, 0.6) is 0 Å². The second kappa shape index (κ2) is 12.2. The van der Waals surface area contributed by atoms with Crippen LogP contribution in [0.2, 0.25) is 0 Å². The molecule has 51 heavy (non-hydrogen) atoms. The molecule has 0 amide bonds. The van der Waals surface area contributed by atoms with Crippen molar-refractivity contribution in [3.63, 3.8) is 0 Å². The van der Waals surface area contributed by atoms with Crippen LogP contribution in [-0.4, -0.2) is 4.57 Å². The first-order chi connectivity index (χ1) is 25.3. The molecule has 0 fully saturated rings. The molecule has 2 heterocycles. The maximum Gasteiger partial charge on any atom is 0.0555 e. The highest BCUT2D eigenvalue weighted by Gasteiger charge is 2.17. The van der Waals surface area contributed by atoms with Gasteiger partial charge in [-0.25, -0.2) is 0 Å². The third-order valence-corrected chi connectivity index (χ3v) is 11.1. The summed E-state index contributed by atoms with van der Waals surface area (Å²) in [6.07, 6.45) is 0. The summed E-state index contributed by atoms with van der Waals surface area (Å²) in [7, 11) is 0. The minimum atomic E-state index is 1.10. The lowest BCUT2D eigenvalue weighted by molar-refractivity contribution is 1.17. The molecule has 0 saturated carbocycles. The second-order valence-electron chi connectivity index (χ2n) is 13.0. The summed E-state index contributed by atoms with van der Waals surface area (Å²) in [5, 5.41) is 5.21. The quantitative estimate of drug-likeness (QED) is 0.171. The average Bonchev–Trinajstić information content (AvgIpc) is 3.73. The Balaban J connectivity index is 1.09. The molecule has 0 aliphatic carbocycles. The van der Waals surface area contributed by atoms with Gasteiger partial charge in [-0.15, -0.1) is 11.3 Å². The highest BCUT2D eigenvalue weighted by atomic mass is 32.1. The van der Waals surface area contributed by atoms with Crippen molar-refractivity contribution in [3.8, 4) is 27.9 Å². The molecule has 0 radical (unpaired) electrons. The third kappa shape index (κ3) is 5.10. The van der Waals surface area contributed by atoms with Crippen molar-refractivity contribution >= 4 is 70.4 Å². The van der Waals surface area contributed by atoms with Crippen LogP contribution in [0.15, 0.2) is 194 Å². The van der Waals surface area contributed by atoms with E-state index in [1.807, 2.05) is 11.3 Å². The number of benzene rings is 8. The number of aromatic nitrogens is 1. The molecule has 10 rings (SSSR count). The number of thiophene rings is 1. The maximum atomic E-state index is 2.42. The van der Waals surface area contributed by atoms with Crippen molar-refractivity contribution in [1.29, 1.82) is 0 Å². The molecule has 0 aliphatic rings. The highest BCUT2D eigenvalue weighted by molar-refractivity contribution is 7.25. The van der Waals surface area contributed by atoms with Gasteiger partial charge in [0.25, 0.3) is 0 Å². The number of anilines is 3. The lowest BCUT2D eigenvalue weighted by Crippen LogP contribution is -2.10. The number of fused-ring (bicyclic) bond motifs is 6. The summed E-state index contributed by atoms with van der Waals surface area (Å²) in [5.41, 5.74) is 11.7. The van der Waals surface area contributed by atoms with Crippen molar-refractivity contribution in [2.45, 2.75) is 0 Å². The van der Waals surface area contributed by atoms with Gasteiger partial charge in [0, 0.05) is 53.7 Å². The van der Waals surface area contributed by atoms with Gasteiger partial charge < -0.3 is 9.47 Å². The van der Waals surface area contributed by atoms with Crippen molar-refractivity contribution in [1.82, 2.24) is 4.57 Å². The lowest BCUT2D eigenvalue weighted by atomic mass is 10.0. The molecule has 0 N–H and O–H groups in total. The van der Waals surface area contributed by atoms with E-state index in [0.29, 0.717) is 0 Å². The molecule has 3 heteroatoms. The average molecular weight is 669 g/mol. The summed E-state index contributed by atoms with van der Waals surface area (Å²) in [6, 6.07) is 70.3. The van der Waals surface area contributed by atoms with Crippen LogP contribution in [0.1, 0.15) is 0 Å². The SMILES string of the molecule is c1ccc(-c2ccc(N(c3ccc(-c4ccccc4)cc3)c3ccc(-n4c5ccccc5c5cc6c(cc54)sc4ccccc46)cc3)cc2)cc1. The number of hydrogen-bond donors (Lipinski definition) is 0. The molecule has 0 bridgehead atoms. The van der Waals surface area contributed by atoms with Gasteiger partial charge in [0.05, 0.1) is 11.0 Å². The Labute approximate surface area is 300 Å². The molecule has 0 aliphatic heterocycles. The normalized spacial score (nSPS) is 11.5. The minimum absolute atomic E-state index is 1.10. The Morgan fingerprint density at radius 3 is 1.43 bits per heavy atom. The van der Waals surface area contributed by atoms with E-state index in [-0.39, 0.29) is 0 Å². The summed E-state index contributed by atoms with van der Waals surface area (Å²) >= 11 is 1.87. The van der Waals surface area contributed by atoms with Gasteiger partial charge in [-0.1, -0.05) is 121 Å². The first kappa shape index (κ1) is 29.5. The first-order valence-electron chi connectivity index (χ1n) is 17.3. The molecule has 2 nitrogen and oxygen atoms in total. The highest BCUT2D eigenvalue weighted by Crippen LogP contribution is 2.42. The van der Waals surface area contributed by atoms with E-state index in [0.717, 1.165) is 22.7 Å². The summed E-state index contributed by atoms with van der Waals surface area (Å²) < 4.78 is 5.06. The lowest BCUT2D eigenvalue weighted by Gasteiger charge is -2.26. The van der Waals surface area contributed by atoms with Gasteiger partial charge in [-0.2, -0.15) is 0 Å². The topological polar surface area (TPSA) is 8.17 Å². The predicted octanol–water partition coefficient (Wildman–Crippen LogP) is 14.0. The number of rotatable bonds is 6.